The van der Waals surface area contributed by atoms with Crippen LogP contribution in [0.4, 0.5) is 0 Å². The van der Waals surface area contributed by atoms with Gasteiger partial charge in [-0.1, -0.05) is 122 Å². The van der Waals surface area contributed by atoms with Gasteiger partial charge in [0.2, 0.25) is 0 Å². The van der Waals surface area contributed by atoms with Gasteiger partial charge in [-0.2, -0.15) is 0 Å². The van der Waals surface area contributed by atoms with Gasteiger partial charge in [-0.3, -0.25) is 0 Å². The lowest BCUT2D eigenvalue weighted by Gasteiger charge is -2.32. The first-order valence-electron chi connectivity index (χ1n) is 24.3. The fourth-order valence-corrected chi connectivity index (χ4v) is 9.95. The molecule has 5 heterocycles. The van der Waals surface area contributed by atoms with Crippen LogP contribution in [0.25, 0.3) is 87.0 Å². The highest BCUT2D eigenvalue weighted by molar-refractivity contribution is 7.11. The van der Waals surface area contributed by atoms with Crippen LogP contribution in [0.1, 0.15) is 90.5 Å². The van der Waals surface area contributed by atoms with E-state index in [9.17, 15) is 0 Å². The minimum Gasteiger partial charge on any atom is -0.456 e. The van der Waals surface area contributed by atoms with Gasteiger partial charge in [0.1, 0.15) is 16.7 Å². The Labute approximate surface area is 422 Å². The second kappa shape index (κ2) is 17.1. The fraction of sp³-hybridized carbons (Fsp3) is 0.322. The molecular formula is C59H62B3ClO8. The Hall–Kier alpha value is -5.36. The Morgan fingerprint density at radius 2 is 0.704 bits per heavy atom. The molecule has 0 spiro atoms. The molecule has 0 amide bonds. The lowest BCUT2D eigenvalue weighted by Crippen LogP contribution is -2.41. The van der Waals surface area contributed by atoms with E-state index in [-0.39, 0.29) is 41.0 Å². The highest BCUT2D eigenvalue weighted by Crippen LogP contribution is 2.44. The number of para-hydroxylation sites is 2. The third-order valence-corrected chi connectivity index (χ3v) is 16.3. The van der Waals surface area contributed by atoms with Crippen LogP contribution in [-0.4, -0.2) is 54.7 Å². The average Bonchev–Trinajstić information content (AvgIpc) is 4.04. The predicted molar refractivity (Wildman–Crippen MR) is 297 cm³/mol. The van der Waals surface area contributed by atoms with Crippen molar-refractivity contribution in [3.8, 4) is 0 Å². The van der Waals surface area contributed by atoms with Crippen LogP contribution in [0.3, 0.4) is 0 Å². The smallest absolute Gasteiger partial charge is 0.456 e. The van der Waals surface area contributed by atoms with Crippen molar-refractivity contribution in [2.45, 2.75) is 124 Å². The molecule has 10 aromatic rings. The quantitative estimate of drug-likeness (QED) is 0.125. The first-order valence-corrected chi connectivity index (χ1v) is 24.7. The van der Waals surface area contributed by atoms with E-state index in [0.717, 1.165) is 49.3 Å². The van der Waals surface area contributed by atoms with E-state index in [1.165, 1.54) is 43.1 Å². The number of hydrogen-bond donors (Lipinski definition) is 0. The van der Waals surface area contributed by atoms with Crippen LogP contribution in [0.2, 0.25) is 5.02 Å². The zero-order chi connectivity index (χ0) is 49.3. The van der Waals surface area contributed by atoms with E-state index in [1.54, 1.807) is 0 Å². The maximum atomic E-state index is 6.39. The topological polar surface area (TPSA) is 81.7 Å². The molecule has 12 heteroatoms. The van der Waals surface area contributed by atoms with Crippen molar-refractivity contribution in [2.75, 3.05) is 0 Å². The van der Waals surface area contributed by atoms with E-state index in [4.69, 9.17) is 48.4 Å². The van der Waals surface area contributed by atoms with Crippen molar-refractivity contribution < 1.29 is 36.8 Å². The Morgan fingerprint density at radius 1 is 0.338 bits per heavy atom. The van der Waals surface area contributed by atoms with Crippen molar-refractivity contribution in [2.24, 2.45) is 0 Å². The van der Waals surface area contributed by atoms with Crippen LogP contribution in [0, 0.1) is 0 Å². The molecule has 0 bridgehead atoms. The molecule has 0 saturated carbocycles. The predicted octanol–water partition coefficient (Wildman–Crippen LogP) is 15.6. The third kappa shape index (κ3) is 8.22. The molecule has 0 atom stereocenters. The lowest BCUT2D eigenvalue weighted by molar-refractivity contribution is 0.00578. The molecule has 0 N–H and O–H groups in total. The summed E-state index contributed by atoms with van der Waals surface area (Å²) in [5.74, 6) is 0. The normalized spacial score (nSPS) is 19.5. The zero-order valence-electron chi connectivity index (χ0n) is 42.1. The van der Waals surface area contributed by atoms with Crippen LogP contribution < -0.4 is 5.46 Å². The van der Waals surface area contributed by atoms with Gasteiger partial charge in [-0.05, 0) is 157 Å². The summed E-state index contributed by atoms with van der Waals surface area (Å²) in [5.41, 5.74) is 2.09. The van der Waals surface area contributed by atoms with E-state index in [2.05, 4.69) is 143 Å². The van der Waals surface area contributed by atoms with E-state index >= 15 is 0 Å². The van der Waals surface area contributed by atoms with Crippen molar-refractivity contribution in [3.63, 3.8) is 0 Å². The standard InChI is InChI=1S/C26H23BO3.C20H11ClO.C12H24B2O4.CH4/c1-25(2)26(3,4)30-27(29-25)22-11-7-10-19-21-15-20-17(14-23(21)28-24(19)22)13-12-16-8-5-6-9-18(16)20;21-18-7-3-6-15-17-11-16-13(10-19(17)22-20(15)18)9-8-12-4-1-2-5-14(12)16;1-9(2)10(3,4)16-13(15-9)14-17-11(5,6)12(7,8)18-14;/h5-15H,1-4H3;1-11H;1-8H3;1H4. The maximum absolute atomic E-state index is 6.39. The molecule has 2 aromatic heterocycles. The molecule has 0 aliphatic carbocycles. The minimum absolute atomic E-state index is 0. The molecule has 362 valence electrons. The molecule has 3 saturated heterocycles. The van der Waals surface area contributed by atoms with Crippen molar-refractivity contribution >= 4 is 125 Å². The van der Waals surface area contributed by atoms with Crippen LogP contribution in [0.5, 0.6) is 0 Å². The van der Waals surface area contributed by atoms with Gasteiger partial charge in [-0.25, -0.2) is 0 Å². The Kier molecular flexibility index (Phi) is 11.9. The SMILES string of the molecule is C.CC1(C)OB(B2OC(C)(C)C(C)(C)O2)OC1(C)C.CC1(C)OB(c2cccc3c2oc2cc4ccc5ccccc5c4cc23)OC1(C)C.Clc1cccc2c1oc1cc3ccc4ccccc4c3cc12. The van der Waals surface area contributed by atoms with Gasteiger partial charge in [0, 0.05) is 27.0 Å². The molecule has 8 aromatic carbocycles. The second-order valence-electron chi connectivity index (χ2n) is 22.1. The fourth-order valence-electron chi connectivity index (χ4n) is 9.74. The van der Waals surface area contributed by atoms with Gasteiger partial charge in [0.15, 0.2) is 5.58 Å². The number of hydrogen-bond acceptors (Lipinski definition) is 8. The van der Waals surface area contributed by atoms with Crippen LogP contribution >= 0.6 is 11.6 Å². The summed E-state index contributed by atoms with van der Waals surface area (Å²) in [7, 11) is -1.40. The van der Waals surface area contributed by atoms with E-state index < -0.39 is 21.1 Å². The molecule has 3 fully saturated rings. The Morgan fingerprint density at radius 3 is 1.17 bits per heavy atom. The molecule has 71 heavy (non-hydrogen) atoms. The zero-order valence-corrected chi connectivity index (χ0v) is 42.8. The number of rotatable bonds is 2. The largest absolute Gasteiger partial charge is 0.498 e. The molecule has 0 radical (unpaired) electrons. The summed E-state index contributed by atoms with van der Waals surface area (Å²) in [4.78, 5) is 0. The molecule has 13 rings (SSSR count). The monoisotopic (exact) mass is 966 g/mol. The average molecular weight is 967 g/mol. The maximum Gasteiger partial charge on any atom is 0.498 e. The number of halogens is 1. The molecular weight excluding hydrogens is 905 g/mol. The summed E-state index contributed by atoms with van der Waals surface area (Å²) in [6, 6.07) is 46.4. The Balaban J connectivity index is 0.000000127. The second-order valence-corrected chi connectivity index (χ2v) is 22.5. The summed E-state index contributed by atoms with van der Waals surface area (Å²) in [5, 5.41) is 14.9. The summed E-state index contributed by atoms with van der Waals surface area (Å²) >= 11 is 6.26. The van der Waals surface area contributed by atoms with Gasteiger partial charge in [-0.15, -0.1) is 0 Å². The lowest BCUT2D eigenvalue weighted by atomic mass is 9.49. The highest BCUT2D eigenvalue weighted by atomic mass is 35.5. The summed E-state index contributed by atoms with van der Waals surface area (Å²) in [6.45, 7) is 24.5. The molecule has 3 aliphatic rings. The van der Waals surface area contributed by atoms with Gasteiger partial charge in [0.05, 0.1) is 38.6 Å². The van der Waals surface area contributed by atoms with Crippen molar-refractivity contribution in [1.82, 2.24) is 0 Å². The number of fused-ring (bicyclic) bond motifs is 12. The Bertz CT molecular complexity index is 3620. The summed E-state index contributed by atoms with van der Waals surface area (Å²) < 4.78 is 48.8. The van der Waals surface area contributed by atoms with E-state index in [0.29, 0.717) is 5.02 Å². The van der Waals surface area contributed by atoms with Gasteiger partial charge >= 0.3 is 21.1 Å². The minimum atomic E-state index is -0.476. The van der Waals surface area contributed by atoms with Gasteiger partial charge < -0.3 is 36.8 Å². The van der Waals surface area contributed by atoms with Crippen molar-refractivity contribution in [1.29, 1.82) is 0 Å². The number of furan rings is 2. The molecule has 8 nitrogen and oxygen atoms in total. The first-order chi connectivity index (χ1) is 33.0. The van der Waals surface area contributed by atoms with Crippen LogP contribution in [-0.2, 0) is 27.9 Å². The summed E-state index contributed by atoms with van der Waals surface area (Å²) in [6.07, 6.45) is 0. The van der Waals surface area contributed by atoms with Crippen molar-refractivity contribution in [3.05, 3.63) is 138 Å². The first kappa shape index (κ1) is 49.2. The molecule has 3 aliphatic heterocycles. The van der Waals surface area contributed by atoms with Gasteiger partial charge in [0.25, 0.3) is 0 Å². The third-order valence-electron chi connectivity index (χ3n) is 16.0. The van der Waals surface area contributed by atoms with Crippen LogP contribution in [0.15, 0.2) is 142 Å². The van der Waals surface area contributed by atoms with E-state index in [1.807, 2.05) is 73.6 Å². The number of benzene rings is 8. The highest BCUT2D eigenvalue weighted by Gasteiger charge is 2.63. The molecule has 0 unspecified atom stereocenters.